The molecule has 1 amide bonds. The van der Waals surface area contributed by atoms with E-state index in [2.05, 4.69) is 11.4 Å². The zero-order valence-electron chi connectivity index (χ0n) is 13.0. The van der Waals surface area contributed by atoms with Crippen molar-refractivity contribution in [1.29, 1.82) is 5.26 Å². The van der Waals surface area contributed by atoms with Crippen LogP contribution in [0.4, 0.5) is 10.5 Å². The maximum atomic E-state index is 11.9. The molecule has 1 N–H and O–H groups in total. The van der Waals surface area contributed by atoms with E-state index in [-0.39, 0.29) is 12.0 Å². The van der Waals surface area contributed by atoms with Gasteiger partial charge in [0.2, 0.25) is 0 Å². The van der Waals surface area contributed by atoms with Crippen molar-refractivity contribution in [3.63, 3.8) is 0 Å². The van der Waals surface area contributed by atoms with Crippen LogP contribution in [0.25, 0.3) is 0 Å². The molecule has 0 bridgehead atoms. The molecule has 116 valence electrons. The van der Waals surface area contributed by atoms with Gasteiger partial charge in [-0.3, -0.25) is 5.32 Å². The van der Waals surface area contributed by atoms with Crippen LogP contribution >= 0.6 is 0 Å². The van der Waals surface area contributed by atoms with Gasteiger partial charge in [0.1, 0.15) is 6.61 Å². The number of nitrogens with one attached hydrogen (secondary N) is 1. The first-order valence-corrected chi connectivity index (χ1v) is 7.63. The molecule has 1 aliphatic rings. The van der Waals surface area contributed by atoms with Crippen molar-refractivity contribution in [2.24, 2.45) is 0 Å². The molecule has 1 saturated carbocycles. The van der Waals surface area contributed by atoms with E-state index in [0.717, 1.165) is 29.5 Å². The number of hydrogen-bond donors (Lipinski definition) is 1. The molecule has 4 heteroatoms. The molecule has 0 atom stereocenters. The van der Waals surface area contributed by atoms with E-state index < -0.39 is 6.09 Å². The van der Waals surface area contributed by atoms with Crippen LogP contribution in [-0.2, 0) is 16.8 Å². The van der Waals surface area contributed by atoms with E-state index in [0.29, 0.717) is 5.69 Å². The molecule has 3 rings (SSSR count). The van der Waals surface area contributed by atoms with Gasteiger partial charge < -0.3 is 4.74 Å². The first kappa shape index (κ1) is 15.1. The van der Waals surface area contributed by atoms with Crippen LogP contribution in [0, 0.1) is 18.3 Å². The standard InChI is InChI=1S/C19H18N2O2/c1-14-11-16(7-8-17(14)19(13-20)9-10-19)21-18(22)23-12-15-5-3-2-4-6-15/h2-8,11H,9-10,12H2,1H3,(H,21,22). The van der Waals surface area contributed by atoms with Gasteiger partial charge in [-0.15, -0.1) is 0 Å². The number of rotatable bonds is 4. The number of carbonyl (C=O) groups is 1. The molecule has 0 heterocycles. The molecule has 0 saturated heterocycles. The second-order valence-corrected chi connectivity index (χ2v) is 5.91. The third kappa shape index (κ3) is 3.35. The Balaban J connectivity index is 1.61. The number of carbonyl (C=O) groups excluding carboxylic acids is 1. The van der Waals surface area contributed by atoms with Crippen molar-refractivity contribution in [1.82, 2.24) is 0 Å². The Morgan fingerprint density at radius 2 is 2.00 bits per heavy atom. The van der Waals surface area contributed by atoms with Gasteiger partial charge in [-0.1, -0.05) is 36.4 Å². The Bertz CT molecular complexity index is 759. The van der Waals surface area contributed by atoms with Crippen LogP contribution in [0.2, 0.25) is 0 Å². The van der Waals surface area contributed by atoms with Crippen LogP contribution in [0.1, 0.15) is 29.5 Å². The number of anilines is 1. The van der Waals surface area contributed by atoms with Crippen LogP contribution in [0.5, 0.6) is 0 Å². The summed E-state index contributed by atoms with van der Waals surface area (Å²) in [5, 5.41) is 12.0. The van der Waals surface area contributed by atoms with Gasteiger partial charge in [-0.25, -0.2) is 4.79 Å². The molecule has 4 nitrogen and oxygen atoms in total. The van der Waals surface area contributed by atoms with Crippen molar-refractivity contribution in [3.8, 4) is 6.07 Å². The number of benzene rings is 2. The van der Waals surface area contributed by atoms with E-state index in [9.17, 15) is 10.1 Å². The summed E-state index contributed by atoms with van der Waals surface area (Å²) in [6, 6.07) is 17.6. The third-order valence-electron chi connectivity index (χ3n) is 4.17. The zero-order valence-corrected chi connectivity index (χ0v) is 13.0. The molecule has 0 unspecified atom stereocenters. The lowest BCUT2D eigenvalue weighted by molar-refractivity contribution is 0.155. The van der Waals surface area contributed by atoms with Crippen molar-refractivity contribution < 1.29 is 9.53 Å². The Morgan fingerprint density at radius 1 is 1.26 bits per heavy atom. The van der Waals surface area contributed by atoms with E-state index in [1.54, 1.807) is 0 Å². The molecular weight excluding hydrogens is 288 g/mol. The van der Waals surface area contributed by atoms with Gasteiger partial charge in [-0.2, -0.15) is 5.26 Å². The lowest BCUT2D eigenvalue weighted by Crippen LogP contribution is -2.14. The van der Waals surface area contributed by atoms with Crippen LogP contribution in [-0.4, -0.2) is 6.09 Å². The van der Waals surface area contributed by atoms with Crippen molar-refractivity contribution in [2.45, 2.75) is 31.8 Å². The number of nitrogens with zero attached hydrogens (tertiary/aromatic N) is 1. The average molecular weight is 306 g/mol. The minimum absolute atomic E-state index is 0.237. The highest BCUT2D eigenvalue weighted by Gasteiger charge is 2.45. The molecule has 0 aliphatic heterocycles. The first-order chi connectivity index (χ1) is 11.1. The van der Waals surface area contributed by atoms with Crippen LogP contribution in [0.3, 0.4) is 0 Å². The number of aryl methyl sites for hydroxylation is 1. The minimum atomic E-state index is -0.484. The highest BCUT2D eigenvalue weighted by atomic mass is 16.5. The van der Waals surface area contributed by atoms with E-state index >= 15 is 0 Å². The minimum Gasteiger partial charge on any atom is -0.444 e. The van der Waals surface area contributed by atoms with Gasteiger partial charge in [0.15, 0.2) is 0 Å². The predicted molar refractivity (Wildman–Crippen MR) is 88.0 cm³/mol. The summed E-state index contributed by atoms with van der Waals surface area (Å²) in [4.78, 5) is 11.9. The SMILES string of the molecule is Cc1cc(NC(=O)OCc2ccccc2)ccc1C1(C#N)CC1. The van der Waals surface area contributed by atoms with Gasteiger partial charge in [-0.05, 0) is 48.6 Å². The van der Waals surface area contributed by atoms with Crippen molar-refractivity contribution >= 4 is 11.8 Å². The summed E-state index contributed by atoms with van der Waals surface area (Å²) in [5.74, 6) is 0. The van der Waals surface area contributed by atoms with E-state index in [4.69, 9.17) is 4.74 Å². The highest BCUT2D eigenvalue weighted by molar-refractivity contribution is 5.84. The maximum absolute atomic E-state index is 11.9. The molecule has 0 radical (unpaired) electrons. The summed E-state index contributed by atoms with van der Waals surface area (Å²) in [6.07, 6.45) is 1.34. The van der Waals surface area contributed by atoms with Gasteiger partial charge in [0.05, 0.1) is 11.5 Å². The fourth-order valence-electron chi connectivity index (χ4n) is 2.72. The summed E-state index contributed by atoms with van der Waals surface area (Å²) in [5.41, 5.74) is 3.39. The normalized spacial score (nSPS) is 14.6. The molecule has 0 aromatic heterocycles. The van der Waals surface area contributed by atoms with Crippen molar-refractivity contribution in [2.75, 3.05) is 5.32 Å². The second-order valence-electron chi connectivity index (χ2n) is 5.91. The fourth-order valence-corrected chi connectivity index (χ4v) is 2.72. The van der Waals surface area contributed by atoms with Crippen molar-refractivity contribution in [3.05, 3.63) is 65.2 Å². The molecule has 1 fully saturated rings. The second kappa shape index (κ2) is 6.13. The summed E-state index contributed by atoms with van der Waals surface area (Å²) in [7, 11) is 0. The average Bonchev–Trinajstić information content (AvgIpc) is 3.35. The van der Waals surface area contributed by atoms with Crippen LogP contribution < -0.4 is 5.32 Å². The fraction of sp³-hybridized carbons (Fsp3) is 0.263. The topological polar surface area (TPSA) is 62.1 Å². The molecule has 2 aromatic carbocycles. The third-order valence-corrected chi connectivity index (χ3v) is 4.17. The summed E-state index contributed by atoms with van der Waals surface area (Å²) in [6.45, 7) is 2.20. The van der Waals surface area contributed by atoms with E-state index in [1.165, 1.54) is 0 Å². The Morgan fingerprint density at radius 3 is 2.61 bits per heavy atom. The molecular formula is C19H18N2O2. The van der Waals surface area contributed by atoms with E-state index in [1.807, 2.05) is 55.5 Å². The number of ether oxygens (including phenoxy) is 1. The highest BCUT2D eigenvalue weighted by Crippen LogP contribution is 2.48. The maximum Gasteiger partial charge on any atom is 0.411 e. The van der Waals surface area contributed by atoms with Gasteiger partial charge in [0.25, 0.3) is 0 Å². The lowest BCUT2D eigenvalue weighted by Gasteiger charge is -2.13. The Labute approximate surface area is 135 Å². The van der Waals surface area contributed by atoms with Gasteiger partial charge >= 0.3 is 6.09 Å². The predicted octanol–water partition coefficient (Wildman–Crippen LogP) is 4.30. The first-order valence-electron chi connectivity index (χ1n) is 7.63. The molecule has 1 aliphatic carbocycles. The Kier molecular flexibility index (Phi) is 4.03. The summed E-state index contributed by atoms with van der Waals surface area (Å²) >= 11 is 0. The Hall–Kier alpha value is -2.80. The summed E-state index contributed by atoms with van der Waals surface area (Å²) < 4.78 is 5.20. The number of hydrogen-bond acceptors (Lipinski definition) is 3. The smallest absolute Gasteiger partial charge is 0.411 e. The van der Waals surface area contributed by atoms with Gasteiger partial charge in [0, 0.05) is 5.69 Å². The zero-order chi connectivity index (χ0) is 16.3. The lowest BCUT2D eigenvalue weighted by atomic mass is 9.93. The molecule has 2 aromatic rings. The van der Waals surface area contributed by atoms with Crippen LogP contribution in [0.15, 0.2) is 48.5 Å². The largest absolute Gasteiger partial charge is 0.444 e. The number of amides is 1. The monoisotopic (exact) mass is 306 g/mol. The number of nitriles is 1. The molecule has 0 spiro atoms. The quantitative estimate of drug-likeness (QED) is 0.916. The molecule has 23 heavy (non-hydrogen) atoms.